The van der Waals surface area contributed by atoms with Gasteiger partial charge in [0.25, 0.3) is 0 Å². The highest BCUT2D eigenvalue weighted by atomic mass is 35.5. The van der Waals surface area contributed by atoms with E-state index in [1.807, 2.05) is 30.4 Å². The molecular weight excluding hydrogens is 207 g/mol. The highest BCUT2D eigenvalue weighted by molar-refractivity contribution is 8.20. The Morgan fingerprint density at radius 1 is 1.50 bits per heavy atom. The van der Waals surface area contributed by atoms with E-state index in [0.717, 1.165) is 0 Å². The van der Waals surface area contributed by atoms with E-state index in [2.05, 4.69) is 0 Å². The third-order valence-corrected chi connectivity index (χ3v) is 6.28. The van der Waals surface area contributed by atoms with Crippen LogP contribution in [0.4, 0.5) is 0 Å². The Kier molecular flexibility index (Phi) is 3.55. The lowest BCUT2D eigenvalue weighted by atomic mass is 10.2. The van der Waals surface area contributed by atoms with Gasteiger partial charge in [0.05, 0.1) is 9.46 Å². The van der Waals surface area contributed by atoms with Crippen molar-refractivity contribution >= 4 is 46.7 Å². The topological polar surface area (TPSA) is 0 Å². The molecule has 0 aromatic carbocycles. The van der Waals surface area contributed by atoms with Crippen LogP contribution in [0.3, 0.4) is 0 Å². The zero-order valence-electron chi connectivity index (χ0n) is 5.77. The number of hydrogen-bond acceptors (Lipinski definition) is 2. The van der Waals surface area contributed by atoms with E-state index >= 15 is 0 Å². The van der Waals surface area contributed by atoms with Crippen LogP contribution in [-0.4, -0.2) is 26.8 Å². The number of thioether (sulfide) groups is 2. The molecule has 0 amide bonds. The summed E-state index contributed by atoms with van der Waals surface area (Å²) in [4.78, 5) is -0.215. The van der Waals surface area contributed by atoms with Crippen molar-refractivity contribution in [2.75, 3.05) is 17.4 Å². The zero-order valence-corrected chi connectivity index (χ0v) is 8.92. The summed E-state index contributed by atoms with van der Waals surface area (Å²) >= 11 is 15.7. The molecule has 10 heavy (non-hydrogen) atoms. The lowest BCUT2D eigenvalue weighted by molar-refractivity contribution is 0.782. The summed E-state index contributed by atoms with van der Waals surface area (Å²) in [5.74, 6) is 2.97. The first-order valence-corrected chi connectivity index (χ1v) is 6.16. The van der Waals surface area contributed by atoms with E-state index in [9.17, 15) is 0 Å². The number of halogens is 2. The van der Waals surface area contributed by atoms with Crippen LogP contribution in [-0.2, 0) is 0 Å². The van der Waals surface area contributed by atoms with Gasteiger partial charge in [-0.1, -0.05) is 0 Å². The summed E-state index contributed by atoms with van der Waals surface area (Å²) in [5, 5.41) is 0. The van der Waals surface area contributed by atoms with Crippen molar-refractivity contribution in [1.82, 2.24) is 0 Å². The van der Waals surface area contributed by atoms with E-state index in [1.165, 1.54) is 11.5 Å². The Hall–Kier alpha value is 1.28. The SMILES string of the molecule is CC(Cl)(CCl)C1SCCS1. The van der Waals surface area contributed by atoms with E-state index in [0.29, 0.717) is 10.5 Å². The van der Waals surface area contributed by atoms with Gasteiger partial charge in [0.15, 0.2) is 0 Å². The fourth-order valence-corrected chi connectivity index (χ4v) is 4.51. The molecule has 0 saturated carbocycles. The fraction of sp³-hybridized carbons (Fsp3) is 1.00. The van der Waals surface area contributed by atoms with Gasteiger partial charge in [-0.3, -0.25) is 0 Å². The Labute approximate surface area is 80.4 Å². The number of hydrogen-bond donors (Lipinski definition) is 0. The summed E-state index contributed by atoms with van der Waals surface area (Å²) < 4.78 is 0.492. The number of alkyl halides is 2. The van der Waals surface area contributed by atoms with Crippen molar-refractivity contribution in [2.45, 2.75) is 16.4 Å². The molecule has 0 nitrogen and oxygen atoms in total. The molecule has 1 atom stereocenters. The molecule has 4 heteroatoms. The van der Waals surface area contributed by atoms with E-state index in [1.54, 1.807) is 0 Å². The summed E-state index contributed by atoms with van der Waals surface area (Å²) in [6, 6.07) is 0. The van der Waals surface area contributed by atoms with Crippen LogP contribution in [0.1, 0.15) is 6.92 Å². The van der Waals surface area contributed by atoms with Gasteiger partial charge in [-0.2, -0.15) is 0 Å². The second-order valence-corrected chi connectivity index (χ2v) is 6.34. The Morgan fingerprint density at radius 3 is 2.40 bits per heavy atom. The molecule has 1 aliphatic rings. The molecule has 0 bridgehead atoms. The molecule has 0 aromatic rings. The average molecular weight is 217 g/mol. The van der Waals surface area contributed by atoms with Crippen molar-refractivity contribution in [1.29, 1.82) is 0 Å². The van der Waals surface area contributed by atoms with Gasteiger partial charge < -0.3 is 0 Å². The fourth-order valence-electron chi connectivity index (χ4n) is 0.769. The molecule has 1 aliphatic heterocycles. The summed E-state index contributed by atoms with van der Waals surface area (Å²) in [6.45, 7) is 2.01. The van der Waals surface area contributed by atoms with Gasteiger partial charge >= 0.3 is 0 Å². The van der Waals surface area contributed by atoms with Gasteiger partial charge in [0, 0.05) is 17.4 Å². The minimum Gasteiger partial charge on any atom is -0.145 e. The minimum absolute atomic E-state index is 0.215. The Morgan fingerprint density at radius 2 is 2.00 bits per heavy atom. The summed E-state index contributed by atoms with van der Waals surface area (Å²) in [5.41, 5.74) is 0. The van der Waals surface area contributed by atoms with Crippen molar-refractivity contribution in [3.63, 3.8) is 0 Å². The first kappa shape index (κ1) is 9.37. The Bertz CT molecular complexity index is 110. The summed E-state index contributed by atoms with van der Waals surface area (Å²) in [7, 11) is 0. The van der Waals surface area contributed by atoms with E-state index < -0.39 is 0 Å². The monoisotopic (exact) mass is 216 g/mol. The second kappa shape index (κ2) is 3.79. The average Bonchev–Trinajstić information content (AvgIpc) is 2.38. The molecular formula is C6H10Cl2S2. The first-order chi connectivity index (χ1) is 4.67. The first-order valence-electron chi connectivity index (χ1n) is 3.15. The maximum Gasteiger partial charge on any atom is 0.0762 e. The van der Waals surface area contributed by atoms with Crippen LogP contribution in [0, 0.1) is 0 Å². The van der Waals surface area contributed by atoms with Crippen molar-refractivity contribution in [3.8, 4) is 0 Å². The predicted octanol–water partition coefficient (Wildman–Crippen LogP) is 3.03. The van der Waals surface area contributed by atoms with E-state index in [4.69, 9.17) is 23.2 Å². The molecule has 0 N–H and O–H groups in total. The maximum atomic E-state index is 6.15. The molecule has 0 radical (unpaired) electrons. The molecule has 0 spiro atoms. The lowest BCUT2D eigenvalue weighted by Gasteiger charge is -2.24. The van der Waals surface area contributed by atoms with E-state index in [-0.39, 0.29) is 4.87 Å². The van der Waals surface area contributed by atoms with Crippen LogP contribution in [0.5, 0.6) is 0 Å². The lowest BCUT2D eigenvalue weighted by Crippen LogP contribution is -2.28. The third-order valence-electron chi connectivity index (χ3n) is 1.37. The molecule has 1 unspecified atom stereocenters. The zero-order chi connectivity index (χ0) is 7.61. The molecule has 0 aliphatic carbocycles. The third kappa shape index (κ3) is 2.13. The van der Waals surface area contributed by atoms with Gasteiger partial charge in [-0.15, -0.1) is 46.7 Å². The summed E-state index contributed by atoms with van der Waals surface area (Å²) in [6.07, 6.45) is 0. The molecule has 60 valence electrons. The highest BCUT2D eigenvalue weighted by Crippen LogP contribution is 2.43. The van der Waals surface area contributed by atoms with Crippen LogP contribution in [0.2, 0.25) is 0 Å². The van der Waals surface area contributed by atoms with Crippen LogP contribution in [0.25, 0.3) is 0 Å². The van der Waals surface area contributed by atoms with Gasteiger partial charge in [-0.05, 0) is 6.92 Å². The van der Waals surface area contributed by atoms with Gasteiger partial charge in [0.2, 0.25) is 0 Å². The maximum absolute atomic E-state index is 6.15. The largest absolute Gasteiger partial charge is 0.145 e. The number of rotatable bonds is 2. The standard InChI is InChI=1S/C6H10Cl2S2/c1-6(8,4-7)5-9-2-3-10-5/h5H,2-4H2,1H3. The molecule has 1 fully saturated rings. The van der Waals surface area contributed by atoms with Crippen molar-refractivity contribution in [3.05, 3.63) is 0 Å². The quantitative estimate of drug-likeness (QED) is 0.652. The minimum atomic E-state index is -0.215. The van der Waals surface area contributed by atoms with Gasteiger partial charge in [0.1, 0.15) is 0 Å². The Balaban J connectivity index is 2.45. The predicted molar refractivity (Wildman–Crippen MR) is 53.7 cm³/mol. The van der Waals surface area contributed by atoms with Gasteiger partial charge in [-0.25, -0.2) is 0 Å². The molecule has 1 saturated heterocycles. The smallest absolute Gasteiger partial charge is 0.0762 e. The normalized spacial score (nSPS) is 26.7. The highest BCUT2D eigenvalue weighted by Gasteiger charge is 2.34. The van der Waals surface area contributed by atoms with Crippen LogP contribution >= 0.6 is 46.7 Å². The molecule has 1 heterocycles. The second-order valence-electron chi connectivity index (χ2n) is 2.49. The van der Waals surface area contributed by atoms with Crippen molar-refractivity contribution in [2.24, 2.45) is 0 Å². The molecule has 1 rings (SSSR count). The van der Waals surface area contributed by atoms with Crippen molar-refractivity contribution < 1.29 is 0 Å². The van der Waals surface area contributed by atoms with Crippen LogP contribution < -0.4 is 0 Å². The molecule has 0 aromatic heterocycles. The van der Waals surface area contributed by atoms with Crippen LogP contribution in [0.15, 0.2) is 0 Å².